The van der Waals surface area contributed by atoms with Crippen molar-refractivity contribution >= 4 is 11.7 Å². The van der Waals surface area contributed by atoms with Gasteiger partial charge in [0.25, 0.3) is 5.56 Å². The van der Waals surface area contributed by atoms with E-state index in [2.05, 4.69) is 15.1 Å². The summed E-state index contributed by atoms with van der Waals surface area (Å²) in [5, 5.41) is 4.22. The van der Waals surface area contributed by atoms with Crippen molar-refractivity contribution in [3.8, 4) is 0 Å². The van der Waals surface area contributed by atoms with E-state index in [0.717, 1.165) is 24.2 Å². The zero-order valence-electron chi connectivity index (χ0n) is 14.0. The van der Waals surface area contributed by atoms with Gasteiger partial charge in [-0.3, -0.25) is 9.59 Å². The fraction of sp³-hybridized carbons (Fsp3) is 0.500. The van der Waals surface area contributed by atoms with Crippen LogP contribution in [-0.2, 0) is 11.3 Å². The highest BCUT2D eigenvalue weighted by Crippen LogP contribution is 2.26. The highest BCUT2D eigenvalue weighted by atomic mass is 16.2. The first kappa shape index (κ1) is 16.2. The Kier molecular flexibility index (Phi) is 4.37. The third-order valence-electron chi connectivity index (χ3n) is 4.36. The first-order chi connectivity index (χ1) is 11.4. The number of nitrogens with one attached hydrogen (secondary N) is 1. The Labute approximate surface area is 139 Å². The number of H-pyrrole nitrogens is 1. The second-order valence-electron chi connectivity index (χ2n) is 6.28. The van der Waals surface area contributed by atoms with E-state index in [9.17, 15) is 9.59 Å². The number of rotatable bonds is 3. The molecule has 24 heavy (non-hydrogen) atoms. The number of hydrogen-bond acceptors (Lipinski definition) is 5. The smallest absolute Gasteiger partial charge is 0.251 e. The molecule has 128 valence electrons. The van der Waals surface area contributed by atoms with Gasteiger partial charge in [-0.2, -0.15) is 5.10 Å². The molecule has 3 rings (SSSR count). The topological polar surface area (TPSA) is 110 Å². The number of aryl methyl sites for hydroxylation is 2. The van der Waals surface area contributed by atoms with Crippen molar-refractivity contribution < 1.29 is 4.79 Å². The summed E-state index contributed by atoms with van der Waals surface area (Å²) in [6.45, 7) is 5.08. The van der Waals surface area contributed by atoms with Gasteiger partial charge in [-0.05, 0) is 26.7 Å². The summed E-state index contributed by atoms with van der Waals surface area (Å²) in [4.78, 5) is 32.9. The van der Waals surface area contributed by atoms with Gasteiger partial charge in [0.15, 0.2) is 0 Å². The van der Waals surface area contributed by atoms with Crippen LogP contribution in [0.5, 0.6) is 0 Å². The number of likely N-dealkylation sites (tertiary alicyclic amines) is 1. The van der Waals surface area contributed by atoms with E-state index in [1.165, 1.54) is 4.68 Å². The summed E-state index contributed by atoms with van der Waals surface area (Å²) in [6.07, 6.45) is 1.60. The van der Waals surface area contributed by atoms with E-state index in [1.54, 1.807) is 19.1 Å². The molecule has 0 aromatic carbocycles. The largest absolute Gasteiger partial charge is 0.384 e. The van der Waals surface area contributed by atoms with Crippen LogP contribution in [0, 0.1) is 13.8 Å². The number of hydrogen-bond donors (Lipinski definition) is 2. The maximum absolute atomic E-state index is 12.4. The van der Waals surface area contributed by atoms with Crippen LogP contribution in [-0.4, -0.2) is 43.6 Å². The molecular formula is C16H22N6O2. The van der Waals surface area contributed by atoms with Crippen molar-refractivity contribution in [2.45, 2.75) is 39.2 Å². The molecule has 0 bridgehead atoms. The number of aromatic nitrogens is 4. The minimum atomic E-state index is -0.125. The van der Waals surface area contributed by atoms with Crippen LogP contribution in [0.4, 0.5) is 5.82 Å². The average molecular weight is 330 g/mol. The van der Waals surface area contributed by atoms with Crippen LogP contribution >= 0.6 is 0 Å². The number of carbonyl (C=O) groups is 1. The maximum Gasteiger partial charge on any atom is 0.251 e. The highest BCUT2D eigenvalue weighted by Gasteiger charge is 2.25. The Bertz CT molecular complexity index is 801. The second kappa shape index (κ2) is 6.46. The van der Waals surface area contributed by atoms with E-state index in [0.29, 0.717) is 24.7 Å². The molecule has 1 aliphatic heterocycles. The Morgan fingerprint density at radius 1 is 1.33 bits per heavy atom. The predicted molar refractivity (Wildman–Crippen MR) is 89.5 cm³/mol. The first-order valence-corrected chi connectivity index (χ1v) is 8.08. The SMILES string of the molecule is Cc1cc(N)n(CC(=O)N2CCC(c3cc(=O)[nH]c(C)n3)CC2)n1. The molecule has 0 saturated carbocycles. The van der Waals surface area contributed by atoms with E-state index in [1.807, 2.05) is 11.8 Å². The van der Waals surface area contributed by atoms with E-state index >= 15 is 0 Å². The minimum absolute atomic E-state index is 0.0123. The van der Waals surface area contributed by atoms with Crippen molar-refractivity contribution in [3.05, 3.63) is 39.7 Å². The van der Waals surface area contributed by atoms with Gasteiger partial charge < -0.3 is 15.6 Å². The number of piperidine rings is 1. The number of aromatic amines is 1. The molecular weight excluding hydrogens is 308 g/mol. The lowest BCUT2D eigenvalue weighted by molar-refractivity contribution is -0.133. The summed E-state index contributed by atoms with van der Waals surface area (Å²) in [5.41, 5.74) is 7.33. The second-order valence-corrected chi connectivity index (χ2v) is 6.28. The van der Waals surface area contributed by atoms with Crippen LogP contribution in [0.1, 0.15) is 36.0 Å². The number of carbonyl (C=O) groups excluding carboxylic acids is 1. The minimum Gasteiger partial charge on any atom is -0.384 e. The first-order valence-electron chi connectivity index (χ1n) is 8.08. The van der Waals surface area contributed by atoms with Gasteiger partial charge in [0, 0.05) is 31.1 Å². The third kappa shape index (κ3) is 3.47. The number of nitrogens with zero attached hydrogens (tertiary/aromatic N) is 4. The van der Waals surface area contributed by atoms with E-state index in [-0.39, 0.29) is 23.9 Å². The average Bonchev–Trinajstić information content (AvgIpc) is 2.84. The molecule has 1 fully saturated rings. The molecule has 3 N–H and O–H groups in total. The number of nitrogen functional groups attached to an aromatic ring is 1. The van der Waals surface area contributed by atoms with Gasteiger partial charge in [0.2, 0.25) is 5.91 Å². The third-order valence-corrected chi connectivity index (χ3v) is 4.36. The van der Waals surface area contributed by atoms with Gasteiger partial charge >= 0.3 is 0 Å². The van der Waals surface area contributed by atoms with Crippen molar-refractivity contribution in [1.29, 1.82) is 0 Å². The standard InChI is InChI=1S/C16H22N6O2/c1-10-7-14(17)22(20-10)9-16(24)21-5-3-12(4-6-21)13-8-15(23)19-11(2)18-13/h7-8,12H,3-6,9,17H2,1-2H3,(H,18,19,23). The quantitative estimate of drug-likeness (QED) is 0.855. The van der Waals surface area contributed by atoms with Crippen molar-refractivity contribution in [3.63, 3.8) is 0 Å². The molecule has 8 nitrogen and oxygen atoms in total. The molecule has 1 saturated heterocycles. The van der Waals surface area contributed by atoms with Crippen LogP contribution < -0.4 is 11.3 Å². The van der Waals surface area contributed by atoms with Crippen LogP contribution in [0.3, 0.4) is 0 Å². The summed E-state index contributed by atoms with van der Waals surface area (Å²) in [7, 11) is 0. The monoisotopic (exact) mass is 330 g/mol. The Balaban J connectivity index is 1.61. The van der Waals surface area contributed by atoms with Gasteiger partial charge in [-0.15, -0.1) is 0 Å². The lowest BCUT2D eigenvalue weighted by Gasteiger charge is -2.31. The van der Waals surface area contributed by atoms with Gasteiger partial charge in [0.05, 0.1) is 11.4 Å². The fourth-order valence-electron chi connectivity index (χ4n) is 3.16. The van der Waals surface area contributed by atoms with Crippen molar-refractivity contribution in [2.75, 3.05) is 18.8 Å². The molecule has 2 aromatic heterocycles. The molecule has 0 spiro atoms. The molecule has 0 unspecified atom stereocenters. The van der Waals surface area contributed by atoms with Crippen LogP contribution in [0.2, 0.25) is 0 Å². The lowest BCUT2D eigenvalue weighted by Crippen LogP contribution is -2.40. The fourth-order valence-corrected chi connectivity index (χ4v) is 3.16. The lowest BCUT2D eigenvalue weighted by atomic mass is 9.93. The molecule has 0 radical (unpaired) electrons. The molecule has 0 atom stereocenters. The Morgan fingerprint density at radius 3 is 2.62 bits per heavy atom. The van der Waals surface area contributed by atoms with E-state index in [4.69, 9.17) is 5.73 Å². The van der Waals surface area contributed by atoms with Crippen molar-refractivity contribution in [1.82, 2.24) is 24.6 Å². The van der Waals surface area contributed by atoms with Gasteiger partial charge in [-0.25, -0.2) is 9.67 Å². The molecule has 1 aliphatic rings. The van der Waals surface area contributed by atoms with Crippen LogP contribution in [0.25, 0.3) is 0 Å². The highest BCUT2D eigenvalue weighted by molar-refractivity contribution is 5.76. The zero-order chi connectivity index (χ0) is 17.3. The Morgan fingerprint density at radius 2 is 2.04 bits per heavy atom. The number of nitrogens with two attached hydrogens (primary N) is 1. The molecule has 2 aromatic rings. The number of anilines is 1. The number of amides is 1. The summed E-state index contributed by atoms with van der Waals surface area (Å²) in [6, 6.07) is 3.31. The zero-order valence-corrected chi connectivity index (χ0v) is 14.0. The molecule has 0 aliphatic carbocycles. The molecule has 8 heteroatoms. The Hall–Kier alpha value is -2.64. The van der Waals surface area contributed by atoms with Crippen LogP contribution in [0.15, 0.2) is 16.9 Å². The predicted octanol–water partition coefficient (Wildman–Crippen LogP) is 0.572. The summed E-state index contributed by atoms with van der Waals surface area (Å²) >= 11 is 0. The van der Waals surface area contributed by atoms with Crippen molar-refractivity contribution in [2.24, 2.45) is 0 Å². The maximum atomic E-state index is 12.4. The summed E-state index contributed by atoms with van der Waals surface area (Å²) in [5.74, 6) is 1.35. The normalized spacial score (nSPS) is 15.7. The summed E-state index contributed by atoms with van der Waals surface area (Å²) < 4.78 is 1.53. The van der Waals surface area contributed by atoms with Gasteiger partial charge in [0.1, 0.15) is 18.2 Å². The molecule has 3 heterocycles. The van der Waals surface area contributed by atoms with Gasteiger partial charge in [-0.1, -0.05) is 0 Å². The van der Waals surface area contributed by atoms with E-state index < -0.39 is 0 Å². The molecule has 1 amide bonds.